The highest BCUT2D eigenvalue weighted by molar-refractivity contribution is 5.66. The predicted molar refractivity (Wildman–Crippen MR) is 86.7 cm³/mol. The third-order valence-electron chi connectivity index (χ3n) is 3.88. The van der Waals surface area contributed by atoms with Crippen LogP contribution in [-0.4, -0.2) is 58.1 Å². The van der Waals surface area contributed by atoms with Crippen LogP contribution in [0.3, 0.4) is 0 Å². The first-order chi connectivity index (χ1) is 9.69. The molecule has 1 aliphatic rings. The Morgan fingerprint density at radius 1 is 1.24 bits per heavy atom. The molecule has 0 saturated carbocycles. The van der Waals surface area contributed by atoms with E-state index < -0.39 is 5.60 Å². The first-order valence-electron chi connectivity index (χ1n) is 7.73. The number of nitrogens with two attached hydrogens (primary N) is 1. The van der Waals surface area contributed by atoms with Crippen molar-refractivity contribution in [3.8, 4) is 0 Å². The van der Waals surface area contributed by atoms with Gasteiger partial charge in [-0.1, -0.05) is 0 Å². The Morgan fingerprint density at radius 3 is 2.29 bits per heavy atom. The van der Waals surface area contributed by atoms with Crippen LogP contribution in [0.2, 0.25) is 0 Å². The van der Waals surface area contributed by atoms with Crippen LogP contribution in [0.15, 0.2) is 0 Å². The summed E-state index contributed by atoms with van der Waals surface area (Å²) in [5.74, 6) is 1.05. The molecule has 0 aromatic carbocycles. The molecular weight excluding hydrogens is 266 g/mol. The van der Waals surface area contributed by atoms with E-state index in [2.05, 4.69) is 28.7 Å². The zero-order valence-electron chi connectivity index (χ0n) is 13.9. The largest absolute Gasteiger partial charge is 0.394 e. The van der Waals surface area contributed by atoms with Crippen LogP contribution in [0.1, 0.15) is 39.4 Å². The SMILES string of the molecule is Cc1nn(C(C)C)c(N2CCN(CC(C)(C)O)CC2)c1N. The minimum atomic E-state index is -0.641. The van der Waals surface area contributed by atoms with Gasteiger partial charge >= 0.3 is 0 Å². The standard InChI is InChI=1S/C15H29N5O/c1-11(2)20-14(13(16)12(3)17-20)19-8-6-18(7-9-19)10-15(4,5)21/h11,21H,6-10,16H2,1-5H3. The van der Waals surface area contributed by atoms with E-state index in [4.69, 9.17) is 5.73 Å². The third-order valence-corrected chi connectivity index (χ3v) is 3.88. The number of nitrogen functional groups attached to an aromatic ring is 1. The van der Waals surface area contributed by atoms with Crippen molar-refractivity contribution >= 4 is 11.5 Å². The first kappa shape index (κ1) is 16.1. The molecule has 0 unspecified atom stereocenters. The van der Waals surface area contributed by atoms with Crippen molar-refractivity contribution in [2.75, 3.05) is 43.4 Å². The summed E-state index contributed by atoms with van der Waals surface area (Å²) in [6.07, 6.45) is 0. The summed E-state index contributed by atoms with van der Waals surface area (Å²) in [5, 5.41) is 14.5. The molecule has 0 bridgehead atoms. The number of nitrogens with zero attached hydrogens (tertiary/aromatic N) is 4. The van der Waals surface area contributed by atoms with Gasteiger partial charge in [-0.05, 0) is 34.6 Å². The van der Waals surface area contributed by atoms with Gasteiger partial charge < -0.3 is 15.7 Å². The van der Waals surface area contributed by atoms with Crippen LogP contribution in [0.25, 0.3) is 0 Å². The van der Waals surface area contributed by atoms with E-state index in [9.17, 15) is 5.11 Å². The summed E-state index contributed by atoms with van der Waals surface area (Å²) >= 11 is 0. The van der Waals surface area contributed by atoms with E-state index in [0.717, 1.165) is 43.4 Å². The van der Waals surface area contributed by atoms with Gasteiger partial charge in [-0.25, -0.2) is 4.68 Å². The second-order valence-corrected chi connectivity index (χ2v) is 6.94. The molecule has 3 N–H and O–H groups in total. The molecule has 0 radical (unpaired) electrons. The van der Waals surface area contributed by atoms with E-state index in [1.807, 2.05) is 25.5 Å². The lowest BCUT2D eigenvalue weighted by atomic mass is 10.1. The molecule has 6 nitrogen and oxygen atoms in total. The molecule has 0 spiro atoms. The average molecular weight is 295 g/mol. The van der Waals surface area contributed by atoms with Crippen LogP contribution >= 0.6 is 0 Å². The Kier molecular flexibility index (Phi) is 4.49. The Morgan fingerprint density at radius 2 is 1.81 bits per heavy atom. The predicted octanol–water partition coefficient (Wildman–Crippen LogP) is 1.25. The highest BCUT2D eigenvalue weighted by Gasteiger charge is 2.26. The highest BCUT2D eigenvalue weighted by Crippen LogP contribution is 2.30. The number of piperazine rings is 1. The van der Waals surface area contributed by atoms with E-state index in [1.54, 1.807) is 0 Å². The molecule has 6 heteroatoms. The molecule has 21 heavy (non-hydrogen) atoms. The molecule has 120 valence electrons. The maximum absolute atomic E-state index is 9.93. The number of aromatic nitrogens is 2. The van der Waals surface area contributed by atoms with Crippen molar-refractivity contribution in [3.63, 3.8) is 0 Å². The van der Waals surface area contributed by atoms with Gasteiger partial charge in [0.05, 0.1) is 17.0 Å². The number of hydrogen-bond donors (Lipinski definition) is 2. The maximum atomic E-state index is 9.93. The zero-order chi connectivity index (χ0) is 15.8. The summed E-state index contributed by atoms with van der Waals surface area (Å²) in [5.41, 5.74) is 7.28. The molecule has 1 aromatic rings. The van der Waals surface area contributed by atoms with Crippen LogP contribution in [0.4, 0.5) is 11.5 Å². The monoisotopic (exact) mass is 295 g/mol. The Hall–Kier alpha value is -1.27. The van der Waals surface area contributed by atoms with Crippen LogP contribution in [0, 0.1) is 6.92 Å². The Balaban J connectivity index is 2.09. The van der Waals surface area contributed by atoms with Gasteiger partial charge in [0.25, 0.3) is 0 Å². The lowest BCUT2D eigenvalue weighted by Gasteiger charge is -2.38. The molecule has 2 heterocycles. The van der Waals surface area contributed by atoms with E-state index in [1.165, 1.54) is 0 Å². The number of aryl methyl sites for hydroxylation is 1. The quantitative estimate of drug-likeness (QED) is 0.875. The second kappa shape index (κ2) is 5.85. The zero-order valence-corrected chi connectivity index (χ0v) is 13.9. The smallest absolute Gasteiger partial charge is 0.151 e. The topological polar surface area (TPSA) is 70.5 Å². The second-order valence-electron chi connectivity index (χ2n) is 6.94. The summed E-state index contributed by atoms with van der Waals surface area (Å²) in [6.45, 7) is 14.3. The molecule has 1 fully saturated rings. The third kappa shape index (κ3) is 3.68. The number of β-amino-alcohol motifs (C(OH)–C–C–N with tert-alkyl or cyclic N) is 1. The summed E-state index contributed by atoms with van der Waals surface area (Å²) in [4.78, 5) is 4.62. The fraction of sp³-hybridized carbons (Fsp3) is 0.800. The molecule has 0 amide bonds. The lowest BCUT2D eigenvalue weighted by molar-refractivity contribution is 0.0344. The van der Waals surface area contributed by atoms with E-state index in [-0.39, 0.29) is 0 Å². The van der Waals surface area contributed by atoms with E-state index in [0.29, 0.717) is 12.6 Å². The molecular formula is C15H29N5O. The van der Waals surface area contributed by atoms with Crippen molar-refractivity contribution in [1.29, 1.82) is 0 Å². The Labute approximate surface area is 127 Å². The van der Waals surface area contributed by atoms with Gasteiger partial charge in [-0.15, -0.1) is 0 Å². The number of hydrogen-bond acceptors (Lipinski definition) is 5. The van der Waals surface area contributed by atoms with Crippen molar-refractivity contribution in [2.24, 2.45) is 0 Å². The van der Waals surface area contributed by atoms with Gasteiger partial charge in [0.1, 0.15) is 0 Å². The minimum Gasteiger partial charge on any atom is -0.394 e. The van der Waals surface area contributed by atoms with Gasteiger partial charge in [0, 0.05) is 38.8 Å². The van der Waals surface area contributed by atoms with Gasteiger partial charge in [0.15, 0.2) is 5.82 Å². The number of anilines is 2. The van der Waals surface area contributed by atoms with Crippen molar-refractivity contribution < 1.29 is 5.11 Å². The van der Waals surface area contributed by atoms with E-state index >= 15 is 0 Å². The molecule has 1 aromatic heterocycles. The molecule has 0 atom stereocenters. The first-order valence-corrected chi connectivity index (χ1v) is 7.73. The van der Waals surface area contributed by atoms with Crippen molar-refractivity contribution in [2.45, 2.75) is 46.3 Å². The number of rotatable bonds is 4. The molecule has 2 rings (SSSR count). The average Bonchev–Trinajstić information content (AvgIpc) is 2.66. The summed E-state index contributed by atoms with van der Waals surface area (Å²) in [6, 6.07) is 0.297. The van der Waals surface area contributed by atoms with Gasteiger partial charge in [-0.2, -0.15) is 5.10 Å². The minimum absolute atomic E-state index is 0.297. The van der Waals surface area contributed by atoms with Crippen LogP contribution < -0.4 is 10.6 Å². The van der Waals surface area contributed by atoms with Gasteiger partial charge in [-0.3, -0.25) is 4.90 Å². The summed E-state index contributed by atoms with van der Waals surface area (Å²) in [7, 11) is 0. The van der Waals surface area contributed by atoms with Gasteiger partial charge in [0.2, 0.25) is 0 Å². The molecule has 1 aliphatic heterocycles. The fourth-order valence-electron chi connectivity index (χ4n) is 2.89. The highest BCUT2D eigenvalue weighted by atomic mass is 16.3. The van der Waals surface area contributed by atoms with Crippen LogP contribution in [0.5, 0.6) is 0 Å². The van der Waals surface area contributed by atoms with Crippen molar-refractivity contribution in [3.05, 3.63) is 5.69 Å². The molecule has 1 saturated heterocycles. The summed E-state index contributed by atoms with van der Waals surface area (Å²) < 4.78 is 2.02. The number of aliphatic hydroxyl groups is 1. The maximum Gasteiger partial charge on any atom is 0.151 e. The lowest BCUT2D eigenvalue weighted by Crippen LogP contribution is -2.51. The normalized spacial score (nSPS) is 17.8. The molecule has 0 aliphatic carbocycles. The Bertz CT molecular complexity index is 481. The van der Waals surface area contributed by atoms with Crippen molar-refractivity contribution in [1.82, 2.24) is 14.7 Å². The van der Waals surface area contributed by atoms with Crippen LogP contribution in [-0.2, 0) is 0 Å². The fourth-order valence-corrected chi connectivity index (χ4v) is 2.89.